The second kappa shape index (κ2) is 9.99. The smallest absolute Gasteiger partial charge is 0.379 e. The van der Waals surface area contributed by atoms with Gasteiger partial charge in [0, 0.05) is 5.41 Å². The van der Waals surface area contributed by atoms with Crippen molar-refractivity contribution in [3.63, 3.8) is 0 Å². The molecule has 0 N–H and O–H groups in total. The van der Waals surface area contributed by atoms with Gasteiger partial charge in [0.25, 0.3) is 0 Å². The van der Waals surface area contributed by atoms with Crippen molar-refractivity contribution in [2.45, 2.75) is 19.3 Å². The lowest BCUT2D eigenvalue weighted by molar-refractivity contribution is 0.0693. The van der Waals surface area contributed by atoms with Crippen molar-refractivity contribution in [2.24, 2.45) is 0 Å². The van der Waals surface area contributed by atoms with Crippen LogP contribution in [0.1, 0.15) is 46.1 Å². The number of rotatable bonds is 6. The summed E-state index contributed by atoms with van der Waals surface area (Å²) in [5, 5.41) is 0.506. The lowest BCUT2D eigenvalue weighted by atomic mass is 9.78. The van der Waals surface area contributed by atoms with Gasteiger partial charge in [-0.3, -0.25) is 0 Å². The molecular formula is C25H16Cl4O6. The number of hydrogen-bond donors (Lipinski definition) is 0. The molecule has 0 aliphatic rings. The van der Waals surface area contributed by atoms with E-state index in [1.54, 1.807) is 36.4 Å². The SMILES string of the molecule is CC(C)(c1cc(Cl)c(OC(=O)c2ccco2)c(Cl)c1)c1cc(Cl)c(OC(=O)c2ccco2)c(Cl)c1. The summed E-state index contributed by atoms with van der Waals surface area (Å²) < 4.78 is 20.7. The molecule has 0 fully saturated rings. The van der Waals surface area contributed by atoms with E-state index < -0.39 is 17.4 Å². The van der Waals surface area contributed by atoms with Crippen LogP contribution >= 0.6 is 46.4 Å². The molecule has 0 unspecified atom stereocenters. The molecule has 0 aliphatic heterocycles. The van der Waals surface area contributed by atoms with Crippen LogP contribution in [0.25, 0.3) is 0 Å². The molecule has 0 saturated heterocycles. The summed E-state index contributed by atoms with van der Waals surface area (Å²) in [5.74, 6) is -1.43. The van der Waals surface area contributed by atoms with E-state index in [4.69, 9.17) is 64.7 Å². The monoisotopic (exact) mass is 552 g/mol. The Bertz CT molecular complexity index is 1240. The van der Waals surface area contributed by atoms with E-state index in [0.29, 0.717) is 11.1 Å². The van der Waals surface area contributed by atoms with Crippen molar-refractivity contribution in [3.8, 4) is 11.5 Å². The summed E-state index contributed by atoms with van der Waals surface area (Å²) >= 11 is 25.7. The predicted molar refractivity (Wildman–Crippen MR) is 132 cm³/mol. The summed E-state index contributed by atoms with van der Waals surface area (Å²) in [7, 11) is 0. The largest absolute Gasteiger partial charge is 0.457 e. The van der Waals surface area contributed by atoms with Gasteiger partial charge < -0.3 is 18.3 Å². The average molecular weight is 554 g/mol. The molecule has 0 amide bonds. The Balaban J connectivity index is 1.62. The molecule has 10 heteroatoms. The van der Waals surface area contributed by atoms with Gasteiger partial charge in [0.05, 0.1) is 32.6 Å². The van der Waals surface area contributed by atoms with Crippen LogP contribution in [-0.4, -0.2) is 11.9 Å². The highest BCUT2D eigenvalue weighted by molar-refractivity contribution is 6.38. The zero-order chi connectivity index (χ0) is 25.3. The van der Waals surface area contributed by atoms with Gasteiger partial charge in [0.2, 0.25) is 11.5 Å². The number of carbonyl (C=O) groups is 2. The topological polar surface area (TPSA) is 78.9 Å². The lowest BCUT2D eigenvalue weighted by Gasteiger charge is -2.28. The fraction of sp³-hybridized carbons (Fsp3) is 0.120. The van der Waals surface area contributed by atoms with Crippen molar-refractivity contribution < 1.29 is 27.9 Å². The summed E-state index contributed by atoms with van der Waals surface area (Å²) in [4.78, 5) is 24.5. The number of hydrogen-bond acceptors (Lipinski definition) is 6. The molecule has 0 radical (unpaired) electrons. The third-order valence-electron chi connectivity index (χ3n) is 5.27. The minimum Gasteiger partial charge on any atom is -0.457 e. The van der Waals surface area contributed by atoms with E-state index in [-0.39, 0.29) is 43.1 Å². The maximum absolute atomic E-state index is 12.2. The van der Waals surface area contributed by atoms with Gasteiger partial charge >= 0.3 is 11.9 Å². The first-order valence-corrected chi connectivity index (χ1v) is 11.6. The van der Waals surface area contributed by atoms with Crippen molar-refractivity contribution in [3.05, 3.63) is 104 Å². The second-order valence-corrected chi connectivity index (χ2v) is 9.53. The Morgan fingerprint density at radius 3 is 1.31 bits per heavy atom. The van der Waals surface area contributed by atoms with Crippen LogP contribution in [0, 0.1) is 0 Å². The van der Waals surface area contributed by atoms with E-state index in [2.05, 4.69) is 0 Å². The van der Waals surface area contributed by atoms with Crippen LogP contribution < -0.4 is 9.47 Å². The minimum absolute atomic E-state index is 0.00512. The highest BCUT2D eigenvalue weighted by Gasteiger charge is 2.29. The molecule has 180 valence electrons. The third kappa shape index (κ3) is 5.21. The zero-order valence-corrected chi connectivity index (χ0v) is 21.3. The van der Waals surface area contributed by atoms with Crippen LogP contribution in [0.5, 0.6) is 11.5 Å². The fourth-order valence-corrected chi connectivity index (χ4v) is 4.41. The molecule has 6 nitrogen and oxygen atoms in total. The van der Waals surface area contributed by atoms with Gasteiger partial charge in [0.15, 0.2) is 11.5 Å². The van der Waals surface area contributed by atoms with Crippen LogP contribution in [0.4, 0.5) is 0 Å². The van der Waals surface area contributed by atoms with Crippen LogP contribution in [0.2, 0.25) is 20.1 Å². The Labute approximate surface area is 220 Å². The molecule has 0 aliphatic carbocycles. The quantitative estimate of drug-likeness (QED) is 0.177. The van der Waals surface area contributed by atoms with Crippen molar-refractivity contribution in [1.82, 2.24) is 0 Å². The van der Waals surface area contributed by atoms with E-state index in [0.717, 1.165) is 0 Å². The molecule has 0 saturated carbocycles. The highest BCUT2D eigenvalue weighted by Crippen LogP contribution is 2.44. The van der Waals surface area contributed by atoms with Crippen LogP contribution in [0.3, 0.4) is 0 Å². The van der Waals surface area contributed by atoms with Crippen molar-refractivity contribution in [1.29, 1.82) is 0 Å². The number of esters is 2. The van der Waals surface area contributed by atoms with Gasteiger partial charge in [-0.2, -0.15) is 0 Å². The average Bonchev–Trinajstić information content (AvgIpc) is 3.52. The first-order valence-electron chi connectivity index (χ1n) is 10.1. The Kier molecular flexibility index (Phi) is 7.20. The number of furan rings is 2. The van der Waals surface area contributed by atoms with E-state index in [1.807, 2.05) is 13.8 Å². The van der Waals surface area contributed by atoms with Crippen LogP contribution in [0.15, 0.2) is 69.9 Å². The normalized spacial score (nSPS) is 11.4. The molecule has 4 rings (SSSR count). The first kappa shape index (κ1) is 25.2. The minimum atomic E-state index is -0.732. The van der Waals surface area contributed by atoms with Gasteiger partial charge in [-0.05, 0) is 59.7 Å². The summed E-state index contributed by atoms with van der Waals surface area (Å²) in [6.07, 6.45) is 2.70. The standard InChI is InChI=1S/C25H16Cl4O6/c1-25(2,13-9-15(26)21(16(27)10-13)34-23(30)19-5-3-7-32-19)14-11-17(28)22(18(29)12-14)35-24(31)20-6-4-8-33-20/h3-12H,1-2H3. The van der Waals surface area contributed by atoms with Crippen molar-refractivity contribution >= 4 is 58.3 Å². The second-order valence-electron chi connectivity index (χ2n) is 7.90. The third-order valence-corrected chi connectivity index (χ3v) is 6.40. The molecule has 4 aromatic rings. The number of ether oxygens (including phenoxy) is 2. The van der Waals surface area contributed by atoms with Gasteiger partial charge in [-0.15, -0.1) is 0 Å². The molecular weight excluding hydrogens is 538 g/mol. The van der Waals surface area contributed by atoms with Gasteiger partial charge in [-0.25, -0.2) is 9.59 Å². The molecule has 2 aromatic heterocycles. The van der Waals surface area contributed by atoms with Gasteiger partial charge in [0.1, 0.15) is 0 Å². The lowest BCUT2D eigenvalue weighted by Crippen LogP contribution is -2.20. The predicted octanol–water partition coefficient (Wildman–Crippen LogP) is 8.25. The first-order chi connectivity index (χ1) is 16.6. The Morgan fingerprint density at radius 2 is 1.03 bits per heavy atom. The highest BCUT2D eigenvalue weighted by atomic mass is 35.5. The fourth-order valence-electron chi connectivity index (χ4n) is 3.28. The number of carbonyl (C=O) groups excluding carboxylic acids is 2. The molecule has 0 spiro atoms. The summed E-state index contributed by atoms with van der Waals surface area (Å²) in [6, 6.07) is 12.6. The van der Waals surface area contributed by atoms with Gasteiger partial charge in [-0.1, -0.05) is 60.3 Å². The van der Waals surface area contributed by atoms with E-state index in [9.17, 15) is 9.59 Å². The molecule has 2 aromatic carbocycles. The molecule has 0 atom stereocenters. The number of halogens is 4. The van der Waals surface area contributed by atoms with Crippen molar-refractivity contribution in [2.75, 3.05) is 0 Å². The summed E-state index contributed by atoms with van der Waals surface area (Å²) in [5.41, 5.74) is 0.684. The Morgan fingerprint density at radius 1 is 0.686 bits per heavy atom. The van der Waals surface area contributed by atoms with E-state index in [1.165, 1.54) is 24.7 Å². The van der Waals surface area contributed by atoms with Crippen LogP contribution in [-0.2, 0) is 5.41 Å². The Hall–Kier alpha value is -2.90. The maximum atomic E-state index is 12.2. The summed E-state index contributed by atoms with van der Waals surface area (Å²) in [6.45, 7) is 3.81. The molecule has 35 heavy (non-hydrogen) atoms. The zero-order valence-electron chi connectivity index (χ0n) is 18.2. The maximum Gasteiger partial charge on any atom is 0.379 e. The molecule has 2 heterocycles. The number of benzene rings is 2. The van der Waals surface area contributed by atoms with E-state index >= 15 is 0 Å². The molecule has 0 bridgehead atoms.